The third-order valence-electron chi connectivity index (χ3n) is 4.12. The molecule has 2 aromatic carbocycles. The highest BCUT2D eigenvalue weighted by Gasteiger charge is 2.49. The predicted octanol–water partition coefficient (Wildman–Crippen LogP) is 2.72. The van der Waals surface area contributed by atoms with E-state index in [1.165, 1.54) is 0 Å². The summed E-state index contributed by atoms with van der Waals surface area (Å²) in [6.45, 7) is 1.91. The van der Waals surface area contributed by atoms with Crippen molar-refractivity contribution in [2.24, 2.45) is 0 Å². The Balaban J connectivity index is 2.16. The van der Waals surface area contributed by atoms with E-state index in [4.69, 9.17) is 0 Å². The van der Waals surface area contributed by atoms with Gasteiger partial charge in [-0.25, -0.2) is 0 Å². The van der Waals surface area contributed by atoms with Gasteiger partial charge in [0.25, 0.3) is 0 Å². The Morgan fingerprint density at radius 3 is 1.72 bits per heavy atom. The second-order valence-corrected chi connectivity index (χ2v) is 5.08. The summed E-state index contributed by atoms with van der Waals surface area (Å²) in [5.41, 5.74) is 1.94. The van der Waals surface area contributed by atoms with Crippen LogP contribution in [0.5, 0.6) is 0 Å². The molecule has 1 aliphatic rings. The van der Waals surface area contributed by atoms with Gasteiger partial charge >= 0.3 is 0 Å². The maximum Gasteiger partial charge on any atom is 0.0915 e. The number of hydrogen-bond donors (Lipinski definition) is 2. The van der Waals surface area contributed by atoms with E-state index >= 15 is 0 Å². The van der Waals surface area contributed by atoms with Crippen molar-refractivity contribution in [2.45, 2.75) is 24.5 Å². The second-order valence-electron chi connectivity index (χ2n) is 5.08. The van der Waals surface area contributed by atoms with E-state index in [0.29, 0.717) is 0 Å². The Morgan fingerprint density at radius 1 is 0.778 bits per heavy atom. The van der Waals surface area contributed by atoms with E-state index in [-0.39, 0.29) is 0 Å². The molecule has 18 heavy (non-hydrogen) atoms. The summed E-state index contributed by atoms with van der Waals surface area (Å²) >= 11 is 0. The van der Waals surface area contributed by atoms with Crippen molar-refractivity contribution in [1.82, 2.24) is 0 Å². The number of rotatable bonds is 1. The quantitative estimate of drug-likeness (QED) is 0.804. The van der Waals surface area contributed by atoms with Crippen LogP contribution in [0.25, 0.3) is 0 Å². The van der Waals surface area contributed by atoms with Gasteiger partial charge in [0.2, 0.25) is 0 Å². The SMILES string of the molecule is CC1(c2ccccc2)[C@H](O)c2ccccc2[C@H]1O. The zero-order chi connectivity index (χ0) is 12.8. The first kappa shape index (κ1) is 11.5. The highest BCUT2D eigenvalue weighted by molar-refractivity contribution is 5.46. The minimum atomic E-state index is -0.676. The first-order valence-electron chi connectivity index (χ1n) is 6.16. The molecule has 0 saturated carbocycles. The molecule has 92 valence electrons. The Bertz CT molecular complexity index is 533. The molecular weight excluding hydrogens is 224 g/mol. The zero-order valence-corrected chi connectivity index (χ0v) is 10.2. The Kier molecular flexibility index (Phi) is 2.51. The molecule has 0 heterocycles. The smallest absolute Gasteiger partial charge is 0.0915 e. The molecule has 2 nitrogen and oxygen atoms in total. The van der Waals surface area contributed by atoms with Crippen LogP contribution in [0, 0.1) is 0 Å². The van der Waals surface area contributed by atoms with Gasteiger partial charge in [0.05, 0.1) is 17.6 Å². The van der Waals surface area contributed by atoms with Gasteiger partial charge in [-0.15, -0.1) is 0 Å². The zero-order valence-electron chi connectivity index (χ0n) is 10.2. The number of fused-ring (bicyclic) bond motifs is 1. The van der Waals surface area contributed by atoms with E-state index in [2.05, 4.69) is 0 Å². The highest BCUT2D eigenvalue weighted by atomic mass is 16.3. The molecule has 0 amide bonds. The van der Waals surface area contributed by atoms with Crippen molar-refractivity contribution in [2.75, 3.05) is 0 Å². The topological polar surface area (TPSA) is 40.5 Å². The average Bonchev–Trinajstić information content (AvgIpc) is 2.64. The maximum atomic E-state index is 10.6. The summed E-state index contributed by atoms with van der Waals surface area (Å²) in [5.74, 6) is 0. The van der Waals surface area contributed by atoms with Crippen LogP contribution >= 0.6 is 0 Å². The lowest BCUT2D eigenvalue weighted by atomic mass is 9.76. The minimum Gasteiger partial charge on any atom is -0.387 e. The summed E-state index contributed by atoms with van der Waals surface area (Å²) < 4.78 is 0. The van der Waals surface area contributed by atoms with Crippen molar-refractivity contribution in [3.8, 4) is 0 Å². The van der Waals surface area contributed by atoms with E-state index < -0.39 is 17.6 Å². The van der Waals surface area contributed by atoms with Gasteiger partial charge in [-0.3, -0.25) is 0 Å². The highest BCUT2D eigenvalue weighted by Crippen LogP contribution is 2.53. The van der Waals surface area contributed by atoms with Gasteiger partial charge < -0.3 is 10.2 Å². The number of aliphatic hydroxyl groups excluding tert-OH is 2. The fourth-order valence-corrected chi connectivity index (χ4v) is 2.92. The molecule has 0 radical (unpaired) electrons. The van der Waals surface area contributed by atoms with Crippen LogP contribution in [-0.2, 0) is 5.41 Å². The van der Waals surface area contributed by atoms with Crippen LogP contribution in [0.3, 0.4) is 0 Å². The molecule has 2 aromatic rings. The molecule has 3 rings (SSSR count). The molecule has 1 aliphatic carbocycles. The molecule has 2 heteroatoms. The van der Waals surface area contributed by atoms with Crippen molar-refractivity contribution < 1.29 is 10.2 Å². The standard InChI is InChI=1S/C16H16O2/c1-16(11-7-3-2-4-8-11)14(17)12-9-5-6-10-13(12)15(16)18/h2-10,14-15,17-18H,1H3/t14-,15-/m1/s1. The summed E-state index contributed by atoms with van der Waals surface area (Å²) in [7, 11) is 0. The molecule has 0 unspecified atom stereocenters. The van der Waals surface area contributed by atoms with Crippen LogP contribution in [0.1, 0.15) is 35.8 Å². The van der Waals surface area contributed by atoms with Crippen LogP contribution < -0.4 is 0 Å². The number of hydrogen-bond acceptors (Lipinski definition) is 2. The van der Waals surface area contributed by atoms with E-state index in [0.717, 1.165) is 16.7 Å². The fourth-order valence-electron chi connectivity index (χ4n) is 2.92. The predicted molar refractivity (Wildman–Crippen MR) is 70.2 cm³/mol. The van der Waals surface area contributed by atoms with E-state index in [9.17, 15) is 10.2 Å². The Morgan fingerprint density at radius 2 is 1.22 bits per heavy atom. The van der Waals surface area contributed by atoms with Gasteiger partial charge in [-0.1, -0.05) is 54.6 Å². The lowest BCUT2D eigenvalue weighted by molar-refractivity contribution is 0.0147. The first-order valence-corrected chi connectivity index (χ1v) is 6.16. The lowest BCUT2D eigenvalue weighted by Gasteiger charge is -2.32. The van der Waals surface area contributed by atoms with Gasteiger partial charge in [0.1, 0.15) is 0 Å². The fraction of sp³-hybridized carbons (Fsp3) is 0.250. The van der Waals surface area contributed by atoms with Gasteiger partial charge in [0, 0.05) is 0 Å². The molecule has 2 atom stereocenters. The van der Waals surface area contributed by atoms with Crippen molar-refractivity contribution in [1.29, 1.82) is 0 Å². The Labute approximate surface area is 107 Å². The lowest BCUT2D eigenvalue weighted by Crippen LogP contribution is -2.31. The van der Waals surface area contributed by atoms with Gasteiger partial charge in [-0.2, -0.15) is 0 Å². The molecule has 0 saturated heterocycles. The normalized spacial score (nSPS) is 24.8. The average molecular weight is 240 g/mol. The summed E-state index contributed by atoms with van der Waals surface area (Å²) in [6.07, 6.45) is -1.35. The first-order chi connectivity index (χ1) is 8.65. The van der Waals surface area contributed by atoms with Crippen LogP contribution in [0.4, 0.5) is 0 Å². The molecule has 2 N–H and O–H groups in total. The van der Waals surface area contributed by atoms with E-state index in [1.54, 1.807) is 0 Å². The van der Waals surface area contributed by atoms with Gasteiger partial charge in [-0.05, 0) is 23.6 Å². The second kappa shape index (κ2) is 3.94. The summed E-state index contributed by atoms with van der Waals surface area (Å²) in [5, 5.41) is 21.1. The van der Waals surface area contributed by atoms with Crippen molar-refractivity contribution >= 4 is 0 Å². The van der Waals surface area contributed by atoms with Crippen molar-refractivity contribution in [3.63, 3.8) is 0 Å². The summed E-state index contributed by atoms with van der Waals surface area (Å²) in [4.78, 5) is 0. The molecule has 0 bridgehead atoms. The maximum absolute atomic E-state index is 10.6. The molecule has 0 spiro atoms. The molecule has 0 aromatic heterocycles. The third-order valence-corrected chi connectivity index (χ3v) is 4.12. The largest absolute Gasteiger partial charge is 0.387 e. The monoisotopic (exact) mass is 240 g/mol. The third kappa shape index (κ3) is 1.36. The number of benzene rings is 2. The summed E-state index contributed by atoms with van der Waals surface area (Å²) in [6, 6.07) is 17.3. The molecular formula is C16H16O2. The van der Waals surface area contributed by atoms with Crippen LogP contribution in [-0.4, -0.2) is 10.2 Å². The Hall–Kier alpha value is -1.64. The van der Waals surface area contributed by atoms with Crippen molar-refractivity contribution in [3.05, 3.63) is 71.3 Å². The molecule has 0 aliphatic heterocycles. The molecule has 0 fully saturated rings. The van der Waals surface area contributed by atoms with E-state index in [1.807, 2.05) is 61.5 Å². The van der Waals surface area contributed by atoms with Crippen LogP contribution in [0.2, 0.25) is 0 Å². The minimum absolute atomic E-state index is 0.675. The van der Waals surface area contributed by atoms with Gasteiger partial charge in [0.15, 0.2) is 0 Å². The number of aliphatic hydroxyl groups is 2. The van der Waals surface area contributed by atoms with Crippen LogP contribution in [0.15, 0.2) is 54.6 Å².